The van der Waals surface area contributed by atoms with Crippen LogP contribution in [-0.4, -0.2) is 22.5 Å². The molecule has 0 aliphatic rings. The van der Waals surface area contributed by atoms with Crippen molar-refractivity contribution in [2.45, 2.75) is 31.1 Å². The second-order valence-corrected chi connectivity index (χ2v) is 17.5. The molecule has 0 spiro atoms. The molecule has 0 bridgehead atoms. The van der Waals surface area contributed by atoms with E-state index in [-0.39, 0.29) is 5.97 Å². The van der Waals surface area contributed by atoms with Crippen LogP contribution in [0.1, 0.15) is 26.7 Å². The monoisotopic (exact) mass is 306 g/mol. The summed E-state index contributed by atoms with van der Waals surface area (Å²) in [6.07, 6.45) is 1.97. The van der Waals surface area contributed by atoms with Gasteiger partial charge in [-0.2, -0.15) is 0 Å². The molecule has 0 fully saturated rings. The Morgan fingerprint density at radius 1 is 1.55 bits per heavy atom. The van der Waals surface area contributed by atoms with E-state index < -0.39 is 16.5 Å². The summed E-state index contributed by atoms with van der Waals surface area (Å²) in [5.41, 5.74) is 0. The van der Waals surface area contributed by atoms with Crippen molar-refractivity contribution < 1.29 is 7.87 Å². The summed E-state index contributed by atoms with van der Waals surface area (Å²) in [5, 5.41) is 0. The van der Waals surface area contributed by atoms with Gasteiger partial charge in [0.1, 0.15) is 0 Å². The van der Waals surface area contributed by atoms with Gasteiger partial charge in [-0.05, 0) is 0 Å². The molecular formula is C6H12Cl2O2Sn. The predicted octanol–water partition coefficient (Wildman–Crippen LogP) is 2.77. The maximum absolute atomic E-state index is 10.5. The van der Waals surface area contributed by atoms with Crippen molar-refractivity contribution >= 4 is 40.3 Å². The molecular weight excluding hydrogens is 294 g/mol. The van der Waals surface area contributed by atoms with Crippen molar-refractivity contribution in [1.29, 1.82) is 0 Å². The van der Waals surface area contributed by atoms with Gasteiger partial charge in [0.05, 0.1) is 0 Å². The van der Waals surface area contributed by atoms with Gasteiger partial charge in [0.2, 0.25) is 0 Å². The number of hydrogen-bond acceptors (Lipinski definition) is 2. The Labute approximate surface area is 79.0 Å². The zero-order valence-corrected chi connectivity index (χ0v) is 11.1. The van der Waals surface area contributed by atoms with E-state index in [2.05, 4.69) is 0 Å². The third-order valence-electron chi connectivity index (χ3n) is 1.11. The molecule has 0 aromatic heterocycles. The fraction of sp³-hybridized carbons (Fsp3) is 0.833. The molecule has 0 aliphatic carbocycles. The molecule has 0 rings (SSSR count). The van der Waals surface area contributed by atoms with Crippen LogP contribution in [0.25, 0.3) is 0 Å². The van der Waals surface area contributed by atoms with Crippen LogP contribution >= 0.6 is 17.8 Å². The van der Waals surface area contributed by atoms with Crippen LogP contribution in [0.5, 0.6) is 0 Å². The third-order valence-corrected chi connectivity index (χ3v) is 9.03. The maximum atomic E-state index is 10.5. The molecule has 0 heterocycles. The van der Waals surface area contributed by atoms with E-state index in [0.29, 0.717) is 4.44 Å². The number of halogens is 2. The number of carbonyl (C=O) groups is 1. The Balaban J connectivity index is 3.70. The first-order valence-electron chi connectivity index (χ1n) is 3.55. The van der Waals surface area contributed by atoms with Gasteiger partial charge in [0.15, 0.2) is 0 Å². The van der Waals surface area contributed by atoms with Crippen LogP contribution in [0, 0.1) is 0 Å². The summed E-state index contributed by atoms with van der Waals surface area (Å²) >= 11 is -3.39. The number of rotatable bonds is 4. The molecule has 0 aromatic rings. The van der Waals surface area contributed by atoms with Gasteiger partial charge in [-0.25, -0.2) is 0 Å². The summed E-state index contributed by atoms with van der Waals surface area (Å²) in [6.45, 7) is 3.38. The summed E-state index contributed by atoms with van der Waals surface area (Å²) in [5.74, 6) is -0.359. The standard InChI is InChI=1S/C4H9.C2H4O2.2ClH.Sn/c1-3-4-2;1-2(3)4;;;/h1,3-4H2,2H3;1H3,(H,3,4);2*1H;/q;;;;+3/p-3. The zero-order valence-electron chi connectivity index (χ0n) is 6.69. The van der Waals surface area contributed by atoms with Gasteiger partial charge in [0, 0.05) is 0 Å². The van der Waals surface area contributed by atoms with Crippen molar-refractivity contribution in [3.05, 3.63) is 0 Å². The van der Waals surface area contributed by atoms with Crippen LogP contribution < -0.4 is 0 Å². The number of carbonyl (C=O) groups excluding carboxylic acids is 1. The fourth-order valence-corrected chi connectivity index (χ4v) is 7.57. The molecule has 0 unspecified atom stereocenters. The molecule has 5 heteroatoms. The fourth-order valence-electron chi connectivity index (χ4n) is 0.644. The van der Waals surface area contributed by atoms with Gasteiger partial charge in [-0.1, -0.05) is 0 Å². The minimum absolute atomic E-state index is 0.359. The van der Waals surface area contributed by atoms with E-state index in [9.17, 15) is 4.79 Å². The van der Waals surface area contributed by atoms with E-state index in [0.717, 1.165) is 12.8 Å². The van der Waals surface area contributed by atoms with Crippen molar-refractivity contribution in [3.63, 3.8) is 0 Å². The molecule has 66 valence electrons. The van der Waals surface area contributed by atoms with E-state index in [1.54, 1.807) is 0 Å². The summed E-state index contributed by atoms with van der Waals surface area (Å²) < 4.78 is 5.53. The SMILES string of the molecule is CCC[CH2][Sn]([Cl])([Cl])[O]C(C)=O. The first-order chi connectivity index (χ1) is 4.98. The molecule has 0 radical (unpaired) electrons. The van der Waals surface area contributed by atoms with Crippen LogP contribution in [0.3, 0.4) is 0 Å². The first kappa shape index (κ1) is 11.8. The van der Waals surface area contributed by atoms with E-state index in [4.69, 9.17) is 20.9 Å². The zero-order chi connectivity index (χ0) is 8.91. The van der Waals surface area contributed by atoms with Gasteiger partial charge in [-0.15, -0.1) is 0 Å². The predicted molar refractivity (Wildman–Crippen MR) is 48.9 cm³/mol. The molecule has 0 aliphatic heterocycles. The third kappa shape index (κ3) is 7.22. The normalized spacial score (nSPS) is 11.3. The number of unbranched alkanes of at least 4 members (excludes halogenated alkanes) is 1. The summed E-state index contributed by atoms with van der Waals surface area (Å²) in [6, 6.07) is 0. The van der Waals surface area contributed by atoms with Gasteiger partial charge >= 0.3 is 79.3 Å². The Bertz CT molecular complexity index is 139. The Morgan fingerprint density at radius 2 is 2.09 bits per heavy atom. The Morgan fingerprint density at radius 3 is 2.45 bits per heavy atom. The summed E-state index contributed by atoms with van der Waals surface area (Å²) in [7, 11) is 11.7. The second-order valence-electron chi connectivity index (χ2n) is 2.33. The van der Waals surface area contributed by atoms with Crippen LogP contribution in [0.4, 0.5) is 0 Å². The molecule has 0 amide bonds. The van der Waals surface area contributed by atoms with Gasteiger partial charge in [0.25, 0.3) is 0 Å². The first-order valence-corrected chi connectivity index (χ1v) is 14.0. The Kier molecular flexibility index (Phi) is 5.91. The Hall–Kier alpha value is 0.849. The molecule has 0 saturated carbocycles. The summed E-state index contributed by atoms with van der Waals surface area (Å²) in [4.78, 5) is 10.5. The van der Waals surface area contributed by atoms with E-state index >= 15 is 0 Å². The van der Waals surface area contributed by atoms with Gasteiger partial charge in [-0.3, -0.25) is 0 Å². The van der Waals surface area contributed by atoms with E-state index in [1.807, 2.05) is 6.92 Å². The number of hydrogen-bond donors (Lipinski definition) is 0. The van der Waals surface area contributed by atoms with Crippen molar-refractivity contribution in [1.82, 2.24) is 0 Å². The molecule has 11 heavy (non-hydrogen) atoms. The van der Waals surface area contributed by atoms with Crippen molar-refractivity contribution in [2.24, 2.45) is 0 Å². The van der Waals surface area contributed by atoms with Crippen LogP contribution in [0.15, 0.2) is 0 Å². The van der Waals surface area contributed by atoms with Crippen LogP contribution in [-0.2, 0) is 7.87 Å². The van der Waals surface area contributed by atoms with E-state index in [1.165, 1.54) is 6.92 Å². The molecule has 0 aromatic carbocycles. The van der Waals surface area contributed by atoms with Gasteiger partial charge < -0.3 is 0 Å². The minimum atomic E-state index is -3.39. The molecule has 0 atom stereocenters. The molecule has 0 saturated heterocycles. The average Bonchev–Trinajstić information content (AvgIpc) is 1.81. The van der Waals surface area contributed by atoms with Crippen molar-refractivity contribution in [2.75, 3.05) is 0 Å². The average molecular weight is 306 g/mol. The molecule has 0 N–H and O–H groups in total. The van der Waals surface area contributed by atoms with Crippen LogP contribution in [0.2, 0.25) is 4.44 Å². The quantitative estimate of drug-likeness (QED) is 0.747. The molecule has 2 nitrogen and oxygen atoms in total. The topological polar surface area (TPSA) is 26.3 Å². The second kappa shape index (κ2) is 5.49. The van der Waals surface area contributed by atoms with Crippen molar-refractivity contribution in [3.8, 4) is 0 Å².